The van der Waals surface area contributed by atoms with E-state index in [9.17, 15) is 4.79 Å². The highest BCUT2D eigenvalue weighted by Crippen LogP contribution is 2.22. The number of carbonyl (C=O) groups excluding carboxylic acids is 1. The molecule has 5 nitrogen and oxygen atoms in total. The zero-order chi connectivity index (χ0) is 15.2. The van der Waals surface area contributed by atoms with Crippen LogP contribution in [-0.4, -0.2) is 24.5 Å². The minimum atomic E-state index is 0.295. The lowest BCUT2D eigenvalue weighted by atomic mass is 10.1. The molecule has 0 aliphatic heterocycles. The van der Waals surface area contributed by atoms with Crippen LogP contribution in [0.25, 0.3) is 0 Å². The van der Waals surface area contributed by atoms with Gasteiger partial charge in [-0.05, 0) is 19.1 Å². The van der Waals surface area contributed by atoms with E-state index >= 15 is 0 Å². The third-order valence-electron chi connectivity index (χ3n) is 3.11. The first-order valence-electron chi connectivity index (χ1n) is 6.55. The zero-order valence-electron chi connectivity index (χ0n) is 12.0. The van der Waals surface area contributed by atoms with Crippen LogP contribution in [0.1, 0.15) is 27.3 Å². The van der Waals surface area contributed by atoms with Crippen LogP contribution in [-0.2, 0) is 6.61 Å². The summed E-state index contributed by atoms with van der Waals surface area (Å²) in [6, 6.07) is 9.18. The summed E-state index contributed by atoms with van der Waals surface area (Å²) in [5, 5.41) is 10.5. The van der Waals surface area contributed by atoms with Gasteiger partial charge in [0, 0.05) is 35.8 Å². The van der Waals surface area contributed by atoms with Crippen LogP contribution in [0.3, 0.4) is 0 Å². The Morgan fingerprint density at radius 1 is 1.33 bits per heavy atom. The van der Waals surface area contributed by atoms with Crippen LogP contribution >= 0.6 is 0 Å². The lowest BCUT2D eigenvalue weighted by molar-refractivity contribution is 0.111. The molecule has 0 aliphatic rings. The van der Waals surface area contributed by atoms with Gasteiger partial charge < -0.3 is 15.5 Å². The maximum atomic E-state index is 11.0. The van der Waals surface area contributed by atoms with Gasteiger partial charge in [0.1, 0.15) is 18.1 Å². The van der Waals surface area contributed by atoms with Crippen molar-refractivity contribution in [3.8, 4) is 5.75 Å². The van der Waals surface area contributed by atoms with Crippen molar-refractivity contribution in [1.29, 1.82) is 5.41 Å². The van der Waals surface area contributed by atoms with E-state index in [0.717, 1.165) is 22.5 Å². The number of nitrogens with one attached hydrogen (secondary N) is 2. The fourth-order valence-corrected chi connectivity index (χ4v) is 2.09. The van der Waals surface area contributed by atoms with E-state index < -0.39 is 0 Å². The number of aromatic nitrogens is 1. The first-order chi connectivity index (χ1) is 10.2. The van der Waals surface area contributed by atoms with E-state index in [0.29, 0.717) is 24.3 Å². The van der Waals surface area contributed by atoms with E-state index in [1.807, 2.05) is 25.1 Å². The molecule has 1 heterocycles. The molecule has 2 aromatic rings. The molecule has 2 N–H and O–H groups in total. The average molecular weight is 283 g/mol. The lowest BCUT2D eigenvalue weighted by Gasteiger charge is -2.13. The largest absolute Gasteiger partial charge is 0.486 e. The van der Waals surface area contributed by atoms with Crippen LogP contribution in [0.15, 0.2) is 30.3 Å². The van der Waals surface area contributed by atoms with Crippen LogP contribution < -0.4 is 10.1 Å². The fourth-order valence-electron chi connectivity index (χ4n) is 2.09. The number of carbonyl (C=O) groups is 1. The molecule has 0 saturated carbocycles. The van der Waals surface area contributed by atoms with Crippen molar-refractivity contribution in [3.05, 3.63) is 52.8 Å². The molecule has 21 heavy (non-hydrogen) atoms. The van der Waals surface area contributed by atoms with Crippen LogP contribution in [0, 0.1) is 12.3 Å². The van der Waals surface area contributed by atoms with Gasteiger partial charge in [0.2, 0.25) is 0 Å². The van der Waals surface area contributed by atoms with Gasteiger partial charge in [-0.1, -0.05) is 18.2 Å². The Labute approximate surface area is 123 Å². The third-order valence-corrected chi connectivity index (χ3v) is 3.11. The van der Waals surface area contributed by atoms with Crippen molar-refractivity contribution in [2.75, 3.05) is 12.4 Å². The summed E-state index contributed by atoms with van der Waals surface area (Å²) in [5.41, 5.74) is 3.61. The van der Waals surface area contributed by atoms with E-state index in [-0.39, 0.29) is 0 Å². The highest BCUT2D eigenvalue weighted by Gasteiger charge is 2.09. The monoisotopic (exact) mass is 283 g/mol. The van der Waals surface area contributed by atoms with Crippen molar-refractivity contribution in [3.63, 3.8) is 0 Å². The summed E-state index contributed by atoms with van der Waals surface area (Å²) in [5.74, 6) is 0.456. The number of aryl methyl sites for hydroxylation is 1. The molecule has 108 valence electrons. The maximum absolute atomic E-state index is 11.0. The van der Waals surface area contributed by atoms with Crippen molar-refractivity contribution in [1.82, 2.24) is 4.98 Å². The highest BCUT2D eigenvalue weighted by molar-refractivity contribution is 5.87. The average Bonchev–Trinajstić information content (AvgIpc) is 2.52. The number of pyridine rings is 1. The fraction of sp³-hybridized carbons (Fsp3) is 0.188. The quantitative estimate of drug-likeness (QED) is 0.631. The van der Waals surface area contributed by atoms with Gasteiger partial charge >= 0.3 is 0 Å². The topological polar surface area (TPSA) is 75.1 Å². The smallest absolute Gasteiger partial charge is 0.172 e. The van der Waals surface area contributed by atoms with Crippen LogP contribution in [0.5, 0.6) is 5.75 Å². The Kier molecular flexibility index (Phi) is 4.66. The molecule has 0 radical (unpaired) electrons. The molecule has 0 atom stereocenters. The van der Waals surface area contributed by atoms with E-state index in [4.69, 9.17) is 10.1 Å². The van der Waals surface area contributed by atoms with Gasteiger partial charge in [0.25, 0.3) is 0 Å². The number of aldehydes is 1. The second-order valence-corrected chi connectivity index (χ2v) is 4.52. The molecule has 1 aromatic carbocycles. The number of nitrogens with zero attached hydrogens (tertiary/aromatic N) is 1. The van der Waals surface area contributed by atoms with Gasteiger partial charge in [0.05, 0.1) is 0 Å². The Morgan fingerprint density at radius 2 is 2.14 bits per heavy atom. The SMILES string of the molecule is CNc1c(C=N)cccc1COc1ccc(C)nc1C=O. The Hall–Kier alpha value is -2.69. The Balaban J connectivity index is 2.24. The minimum Gasteiger partial charge on any atom is -0.486 e. The maximum Gasteiger partial charge on any atom is 0.172 e. The molecule has 0 bridgehead atoms. The van der Waals surface area contributed by atoms with Crippen LogP contribution in [0.4, 0.5) is 5.69 Å². The number of rotatable bonds is 6. The summed E-state index contributed by atoms with van der Waals surface area (Å²) in [4.78, 5) is 15.2. The summed E-state index contributed by atoms with van der Waals surface area (Å²) in [6.45, 7) is 2.12. The molecule has 0 spiro atoms. The molecule has 0 aliphatic carbocycles. The predicted octanol–water partition coefficient (Wildman–Crippen LogP) is 2.82. The molecule has 0 saturated heterocycles. The standard InChI is InChI=1S/C16H17N3O2/c1-11-6-7-15(14(9-20)19-11)21-10-13-5-3-4-12(8-17)16(13)18-2/h3-9,17-18H,10H2,1-2H3. The molecule has 0 fully saturated rings. The number of hydrogen-bond donors (Lipinski definition) is 2. The minimum absolute atomic E-state index is 0.295. The van der Waals surface area contributed by atoms with Gasteiger partial charge in [-0.15, -0.1) is 0 Å². The second kappa shape index (κ2) is 6.65. The second-order valence-electron chi connectivity index (χ2n) is 4.52. The number of anilines is 1. The summed E-state index contributed by atoms with van der Waals surface area (Å²) >= 11 is 0. The molecular weight excluding hydrogens is 266 g/mol. The predicted molar refractivity (Wildman–Crippen MR) is 82.6 cm³/mol. The van der Waals surface area contributed by atoms with Crippen molar-refractivity contribution < 1.29 is 9.53 Å². The molecular formula is C16H17N3O2. The van der Waals surface area contributed by atoms with Gasteiger partial charge in [-0.2, -0.15) is 0 Å². The number of ether oxygens (including phenoxy) is 1. The molecule has 5 heteroatoms. The van der Waals surface area contributed by atoms with Crippen LogP contribution in [0.2, 0.25) is 0 Å². The Morgan fingerprint density at radius 3 is 2.81 bits per heavy atom. The summed E-state index contributed by atoms with van der Waals surface area (Å²) in [6.07, 6.45) is 1.98. The van der Waals surface area contributed by atoms with Crippen molar-refractivity contribution in [2.45, 2.75) is 13.5 Å². The molecule has 2 rings (SSSR count). The van der Waals surface area contributed by atoms with E-state index in [1.165, 1.54) is 6.21 Å². The van der Waals surface area contributed by atoms with Gasteiger partial charge in [-0.25, -0.2) is 4.98 Å². The number of para-hydroxylation sites is 1. The van der Waals surface area contributed by atoms with Gasteiger partial charge in [-0.3, -0.25) is 4.79 Å². The van der Waals surface area contributed by atoms with Gasteiger partial charge in [0.15, 0.2) is 6.29 Å². The number of benzene rings is 1. The van der Waals surface area contributed by atoms with E-state index in [2.05, 4.69) is 10.3 Å². The van der Waals surface area contributed by atoms with Crippen molar-refractivity contribution in [2.24, 2.45) is 0 Å². The van der Waals surface area contributed by atoms with Crippen molar-refractivity contribution >= 4 is 18.2 Å². The first kappa shape index (κ1) is 14.7. The lowest BCUT2D eigenvalue weighted by Crippen LogP contribution is -2.05. The summed E-state index contributed by atoms with van der Waals surface area (Å²) in [7, 11) is 1.80. The van der Waals surface area contributed by atoms with E-state index in [1.54, 1.807) is 19.2 Å². The summed E-state index contributed by atoms with van der Waals surface area (Å²) < 4.78 is 5.70. The molecule has 0 amide bonds. The molecule has 0 unspecified atom stereocenters. The number of hydrogen-bond acceptors (Lipinski definition) is 5. The first-order valence-corrected chi connectivity index (χ1v) is 6.55. The zero-order valence-corrected chi connectivity index (χ0v) is 12.0. The highest BCUT2D eigenvalue weighted by atomic mass is 16.5. The molecule has 1 aromatic heterocycles. The Bertz CT molecular complexity index is 669. The third kappa shape index (κ3) is 3.25. The normalized spacial score (nSPS) is 10.0.